The van der Waals surface area contributed by atoms with Crippen molar-refractivity contribution in [2.24, 2.45) is 0 Å². The van der Waals surface area contributed by atoms with Gasteiger partial charge in [0.2, 0.25) is 0 Å². The summed E-state index contributed by atoms with van der Waals surface area (Å²) in [5.41, 5.74) is -0.424. The molecule has 0 aromatic rings. The van der Waals surface area contributed by atoms with Crippen molar-refractivity contribution >= 4 is 6.09 Å². The van der Waals surface area contributed by atoms with Crippen LogP contribution in [0.25, 0.3) is 0 Å². The molecular weight excluding hydrogens is 296 g/mol. The topological polar surface area (TPSA) is 51.2 Å². The van der Waals surface area contributed by atoms with Gasteiger partial charge in [-0.05, 0) is 46.5 Å². The molecule has 3 saturated heterocycles. The van der Waals surface area contributed by atoms with E-state index in [0.717, 1.165) is 45.5 Å². The molecule has 3 aliphatic heterocycles. The summed E-state index contributed by atoms with van der Waals surface area (Å²) < 4.78 is 16.9. The van der Waals surface area contributed by atoms with Crippen LogP contribution in [0, 0.1) is 0 Å². The van der Waals surface area contributed by atoms with Crippen molar-refractivity contribution in [2.45, 2.75) is 70.4 Å². The average Bonchev–Trinajstić information content (AvgIpc) is 3.06. The lowest BCUT2D eigenvalue weighted by molar-refractivity contribution is -0.164. The van der Waals surface area contributed by atoms with Gasteiger partial charge in [-0.15, -0.1) is 0 Å². The first-order valence-corrected chi connectivity index (χ1v) is 8.89. The van der Waals surface area contributed by atoms with Crippen LogP contribution in [0.1, 0.15) is 46.5 Å². The van der Waals surface area contributed by atoms with E-state index in [4.69, 9.17) is 14.2 Å². The number of rotatable bonds is 4. The Labute approximate surface area is 139 Å². The molecule has 6 nitrogen and oxygen atoms in total. The number of hydrogen-bond donors (Lipinski definition) is 0. The fraction of sp³-hybridized carbons (Fsp3) is 0.941. The van der Waals surface area contributed by atoms with E-state index in [1.165, 1.54) is 6.42 Å². The number of hydrogen-bond acceptors (Lipinski definition) is 5. The maximum absolute atomic E-state index is 12.2. The molecule has 23 heavy (non-hydrogen) atoms. The zero-order valence-corrected chi connectivity index (χ0v) is 14.6. The van der Waals surface area contributed by atoms with Crippen LogP contribution in [0.2, 0.25) is 0 Å². The highest BCUT2D eigenvalue weighted by atomic mass is 16.7. The van der Waals surface area contributed by atoms with Gasteiger partial charge in [0.25, 0.3) is 0 Å². The third-order valence-electron chi connectivity index (χ3n) is 4.80. The number of ether oxygens (including phenoxy) is 3. The zero-order chi connectivity index (χ0) is 16.4. The van der Waals surface area contributed by atoms with Gasteiger partial charge < -0.3 is 19.1 Å². The summed E-state index contributed by atoms with van der Waals surface area (Å²) in [6.45, 7) is 9.90. The fourth-order valence-electron chi connectivity index (χ4n) is 3.71. The molecule has 0 aromatic carbocycles. The van der Waals surface area contributed by atoms with E-state index in [2.05, 4.69) is 4.90 Å². The molecule has 6 heteroatoms. The second-order valence-electron chi connectivity index (χ2n) is 7.84. The third kappa shape index (κ3) is 4.37. The van der Waals surface area contributed by atoms with Crippen molar-refractivity contribution in [3.05, 3.63) is 0 Å². The molecule has 3 heterocycles. The van der Waals surface area contributed by atoms with Crippen LogP contribution in [0.5, 0.6) is 0 Å². The molecule has 0 aromatic heterocycles. The Balaban J connectivity index is 1.39. The number of carbonyl (C=O) groups excluding carboxylic acids is 1. The van der Waals surface area contributed by atoms with Crippen molar-refractivity contribution < 1.29 is 19.0 Å². The number of piperazine rings is 1. The maximum Gasteiger partial charge on any atom is 0.410 e. The van der Waals surface area contributed by atoms with Crippen LogP contribution in [0.3, 0.4) is 0 Å². The summed E-state index contributed by atoms with van der Waals surface area (Å²) >= 11 is 0. The van der Waals surface area contributed by atoms with Gasteiger partial charge >= 0.3 is 6.09 Å². The standard InChI is InChI=1S/C17H30N2O4/c1-17(2,3)23-16(20)19-12-13-10-14(19)11-18(13)7-9-22-15-6-4-5-8-21-15/h13-15H,4-12H2,1-3H3. The molecule has 3 aliphatic rings. The molecule has 132 valence electrons. The molecule has 2 bridgehead atoms. The monoisotopic (exact) mass is 326 g/mol. The second kappa shape index (κ2) is 6.95. The van der Waals surface area contributed by atoms with E-state index in [1.54, 1.807) is 0 Å². The van der Waals surface area contributed by atoms with Crippen LogP contribution >= 0.6 is 0 Å². The maximum atomic E-state index is 12.2. The quantitative estimate of drug-likeness (QED) is 0.793. The normalized spacial score (nSPS) is 31.6. The first-order valence-electron chi connectivity index (χ1n) is 8.89. The highest BCUT2D eigenvalue weighted by molar-refractivity contribution is 5.69. The predicted molar refractivity (Wildman–Crippen MR) is 86.2 cm³/mol. The molecule has 3 rings (SSSR count). The molecule has 0 radical (unpaired) electrons. The summed E-state index contributed by atoms with van der Waals surface area (Å²) in [4.78, 5) is 16.6. The number of fused-ring (bicyclic) bond motifs is 2. The molecular formula is C17H30N2O4. The van der Waals surface area contributed by atoms with E-state index in [-0.39, 0.29) is 12.4 Å². The Bertz CT molecular complexity index is 417. The summed E-state index contributed by atoms with van der Waals surface area (Å²) in [6, 6.07) is 0.740. The van der Waals surface area contributed by atoms with Gasteiger partial charge in [-0.2, -0.15) is 0 Å². The van der Waals surface area contributed by atoms with Gasteiger partial charge in [0.1, 0.15) is 5.60 Å². The minimum atomic E-state index is -0.424. The highest BCUT2D eigenvalue weighted by Gasteiger charge is 2.46. The molecule has 1 amide bonds. The molecule has 0 N–H and O–H groups in total. The Morgan fingerprint density at radius 2 is 2.04 bits per heavy atom. The van der Waals surface area contributed by atoms with E-state index in [9.17, 15) is 4.79 Å². The molecule has 0 spiro atoms. The smallest absolute Gasteiger partial charge is 0.410 e. The molecule has 3 atom stereocenters. The SMILES string of the molecule is CC(C)(C)OC(=O)N1CC2CC1CN2CCOC1CCCCO1. The Morgan fingerprint density at radius 1 is 1.22 bits per heavy atom. The van der Waals surface area contributed by atoms with Crippen molar-refractivity contribution in [1.82, 2.24) is 9.80 Å². The Kier molecular flexibility index (Phi) is 5.13. The lowest BCUT2D eigenvalue weighted by Gasteiger charge is -2.35. The van der Waals surface area contributed by atoms with E-state index in [0.29, 0.717) is 18.7 Å². The number of likely N-dealkylation sites (tertiary alicyclic amines) is 2. The lowest BCUT2D eigenvalue weighted by atomic mass is 10.2. The van der Waals surface area contributed by atoms with Crippen LogP contribution in [0.4, 0.5) is 4.79 Å². The van der Waals surface area contributed by atoms with Gasteiger partial charge in [-0.3, -0.25) is 4.90 Å². The van der Waals surface area contributed by atoms with Gasteiger partial charge in [0.05, 0.1) is 6.61 Å². The van der Waals surface area contributed by atoms with Crippen molar-refractivity contribution in [1.29, 1.82) is 0 Å². The third-order valence-corrected chi connectivity index (χ3v) is 4.80. The summed E-state index contributed by atoms with van der Waals surface area (Å²) in [5.74, 6) is 0. The summed E-state index contributed by atoms with van der Waals surface area (Å²) in [7, 11) is 0. The van der Waals surface area contributed by atoms with Gasteiger partial charge in [-0.1, -0.05) is 0 Å². The Hall–Kier alpha value is -0.850. The lowest BCUT2D eigenvalue weighted by Crippen LogP contribution is -2.50. The van der Waals surface area contributed by atoms with E-state index in [1.807, 2.05) is 25.7 Å². The number of amides is 1. The van der Waals surface area contributed by atoms with Gasteiger partial charge in [-0.25, -0.2) is 4.79 Å². The van der Waals surface area contributed by atoms with E-state index < -0.39 is 5.60 Å². The molecule has 3 fully saturated rings. The van der Waals surface area contributed by atoms with Crippen LogP contribution < -0.4 is 0 Å². The number of carbonyl (C=O) groups is 1. The number of nitrogens with zero attached hydrogens (tertiary/aromatic N) is 2. The van der Waals surface area contributed by atoms with Gasteiger partial charge in [0.15, 0.2) is 6.29 Å². The molecule has 3 unspecified atom stereocenters. The minimum absolute atomic E-state index is 0.0122. The van der Waals surface area contributed by atoms with Crippen molar-refractivity contribution in [3.8, 4) is 0 Å². The van der Waals surface area contributed by atoms with E-state index >= 15 is 0 Å². The predicted octanol–water partition coefficient (Wildman–Crippen LogP) is 2.22. The highest BCUT2D eigenvalue weighted by Crippen LogP contribution is 2.31. The van der Waals surface area contributed by atoms with Crippen LogP contribution in [-0.2, 0) is 14.2 Å². The molecule has 0 saturated carbocycles. The average molecular weight is 326 g/mol. The fourth-order valence-corrected chi connectivity index (χ4v) is 3.71. The second-order valence-corrected chi connectivity index (χ2v) is 7.84. The first-order chi connectivity index (χ1) is 10.9. The minimum Gasteiger partial charge on any atom is -0.444 e. The largest absolute Gasteiger partial charge is 0.444 e. The summed E-state index contributed by atoms with van der Waals surface area (Å²) in [6.07, 6.45) is 4.23. The Morgan fingerprint density at radius 3 is 2.65 bits per heavy atom. The van der Waals surface area contributed by atoms with Crippen molar-refractivity contribution in [2.75, 3.05) is 32.8 Å². The van der Waals surface area contributed by atoms with Gasteiger partial charge in [0, 0.05) is 38.3 Å². The van der Waals surface area contributed by atoms with Crippen molar-refractivity contribution in [3.63, 3.8) is 0 Å². The van der Waals surface area contributed by atoms with Crippen LogP contribution in [-0.4, -0.2) is 72.7 Å². The summed E-state index contributed by atoms with van der Waals surface area (Å²) in [5, 5.41) is 0. The van der Waals surface area contributed by atoms with Crippen LogP contribution in [0.15, 0.2) is 0 Å². The zero-order valence-electron chi connectivity index (χ0n) is 14.6. The first kappa shape index (κ1) is 17.0. The molecule has 0 aliphatic carbocycles.